The Morgan fingerprint density at radius 2 is 1.91 bits per heavy atom. The van der Waals surface area contributed by atoms with E-state index in [2.05, 4.69) is 36.1 Å². The molecular weight excluding hydrogens is 498 g/mol. The molecule has 2 aromatic heterocycles. The van der Waals surface area contributed by atoms with Gasteiger partial charge in [-0.2, -0.15) is 9.29 Å². The summed E-state index contributed by atoms with van der Waals surface area (Å²) in [5.41, 5.74) is 2.24. The summed E-state index contributed by atoms with van der Waals surface area (Å²) in [6, 6.07) is 5.35. The average molecular weight is 524 g/mol. The second-order valence-electron chi connectivity index (χ2n) is 7.85. The first-order chi connectivity index (χ1) is 15.3. The molecule has 4 rings (SSSR count). The molecule has 11 heteroatoms. The van der Waals surface area contributed by atoms with Gasteiger partial charge in [-0.3, -0.25) is 4.90 Å². The van der Waals surface area contributed by atoms with E-state index in [4.69, 9.17) is 9.05 Å². The molecule has 0 bridgehead atoms. The average Bonchev–Trinajstić information content (AvgIpc) is 3.25. The lowest BCUT2D eigenvalue weighted by Crippen LogP contribution is -2.35. The van der Waals surface area contributed by atoms with Gasteiger partial charge in [0.15, 0.2) is 5.82 Å². The zero-order valence-electron chi connectivity index (χ0n) is 18.3. The smallest absolute Gasteiger partial charge is 0.263 e. The van der Waals surface area contributed by atoms with E-state index in [1.807, 2.05) is 19.9 Å². The van der Waals surface area contributed by atoms with Crippen LogP contribution >= 0.6 is 15.9 Å². The molecule has 1 fully saturated rings. The number of nitrogens with zero attached hydrogens (tertiary/aromatic N) is 5. The van der Waals surface area contributed by atoms with Gasteiger partial charge < -0.3 is 9.05 Å². The van der Waals surface area contributed by atoms with Gasteiger partial charge in [0.25, 0.3) is 5.89 Å². The molecule has 9 nitrogen and oxygen atoms in total. The van der Waals surface area contributed by atoms with E-state index in [-0.39, 0.29) is 0 Å². The van der Waals surface area contributed by atoms with Crippen molar-refractivity contribution in [3.63, 3.8) is 0 Å². The van der Waals surface area contributed by atoms with E-state index < -0.39 is 10.0 Å². The fourth-order valence-electron chi connectivity index (χ4n) is 3.97. The monoisotopic (exact) mass is 523 g/mol. The molecule has 1 aliphatic rings. The van der Waals surface area contributed by atoms with Crippen LogP contribution in [-0.4, -0.2) is 59.1 Å². The predicted octanol–water partition coefficient (Wildman–Crippen LogP) is 3.56. The quantitative estimate of drug-likeness (QED) is 0.482. The molecule has 0 radical (unpaired) electrons. The van der Waals surface area contributed by atoms with Gasteiger partial charge in [-0.15, -0.1) is 0 Å². The van der Waals surface area contributed by atoms with Crippen molar-refractivity contribution < 1.29 is 17.5 Å². The van der Waals surface area contributed by atoms with E-state index in [0.717, 1.165) is 28.6 Å². The Bertz CT molecular complexity index is 1190. The van der Waals surface area contributed by atoms with Gasteiger partial charge in [0.1, 0.15) is 11.3 Å². The van der Waals surface area contributed by atoms with E-state index >= 15 is 0 Å². The van der Waals surface area contributed by atoms with Crippen LogP contribution in [0.3, 0.4) is 0 Å². The van der Waals surface area contributed by atoms with Gasteiger partial charge >= 0.3 is 0 Å². The number of hydrogen-bond acceptors (Lipinski definition) is 8. The second-order valence-corrected chi connectivity index (χ2v) is 10.7. The third-order valence-electron chi connectivity index (χ3n) is 5.65. The highest BCUT2D eigenvalue weighted by molar-refractivity contribution is 9.10. The molecule has 0 spiro atoms. The molecule has 3 heterocycles. The van der Waals surface area contributed by atoms with Crippen LogP contribution in [0, 0.1) is 13.8 Å². The van der Waals surface area contributed by atoms with Crippen LogP contribution in [0.25, 0.3) is 11.5 Å². The normalized spacial score (nSPS) is 16.4. The van der Waals surface area contributed by atoms with Crippen molar-refractivity contribution in [2.24, 2.45) is 0 Å². The van der Waals surface area contributed by atoms with Crippen LogP contribution in [-0.2, 0) is 23.0 Å². The Kier molecular flexibility index (Phi) is 6.80. The Labute approximate surface area is 195 Å². The SMILES string of the molecule is CCc1cc(Br)ccc1S(=O)(=O)N1CCCN(Cc2noc(-c3c(C)noc3C)n2)CC1. The van der Waals surface area contributed by atoms with Crippen LogP contribution in [0.15, 0.2) is 36.6 Å². The summed E-state index contributed by atoms with van der Waals surface area (Å²) >= 11 is 3.43. The van der Waals surface area contributed by atoms with Crippen LogP contribution in [0.1, 0.15) is 36.2 Å². The maximum absolute atomic E-state index is 13.3. The summed E-state index contributed by atoms with van der Waals surface area (Å²) < 4.78 is 39.7. The maximum atomic E-state index is 13.3. The zero-order chi connectivity index (χ0) is 22.9. The van der Waals surface area contributed by atoms with E-state index in [1.165, 1.54) is 0 Å². The number of aromatic nitrogens is 3. The van der Waals surface area contributed by atoms with Crippen LogP contribution in [0.4, 0.5) is 0 Å². The molecule has 32 heavy (non-hydrogen) atoms. The van der Waals surface area contributed by atoms with Crippen molar-refractivity contribution in [3.05, 3.63) is 45.5 Å². The molecule has 3 aromatic rings. The van der Waals surface area contributed by atoms with Crippen LogP contribution in [0.2, 0.25) is 0 Å². The minimum Gasteiger partial charge on any atom is -0.361 e. The molecular formula is C21H26BrN5O4S. The molecule has 1 aromatic carbocycles. The number of benzene rings is 1. The van der Waals surface area contributed by atoms with Crippen molar-refractivity contribution in [2.45, 2.75) is 45.1 Å². The highest BCUT2D eigenvalue weighted by Crippen LogP contribution is 2.27. The van der Waals surface area contributed by atoms with Gasteiger partial charge in [-0.1, -0.05) is 33.2 Å². The topological polar surface area (TPSA) is 106 Å². The van der Waals surface area contributed by atoms with Crippen LogP contribution in [0.5, 0.6) is 0 Å². The third-order valence-corrected chi connectivity index (χ3v) is 8.14. The molecule has 0 N–H and O–H groups in total. The Balaban J connectivity index is 1.45. The molecule has 172 valence electrons. The number of aryl methyl sites for hydroxylation is 3. The van der Waals surface area contributed by atoms with Gasteiger partial charge in [-0.05, 0) is 57.0 Å². The summed E-state index contributed by atoms with van der Waals surface area (Å²) in [7, 11) is -3.56. The summed E-state index contributed by atoms with van der Waals surface area (Å²) in [6.07, 6.45) is 1.38. The second kappa shape index (κ2) is 9.42. The molecule has 1 saturated heterocycles. The highest BCUT2D eigenvalue weighted by Gasteiger charge is 2.29. The number of sulfonamides is 1. The summed E-state index contributed by atoms with van der Waals surface area (Å²) in [5, 5.41) is 8.02. The van der Waals surface area contributed by atoms with Crippen molar-refractivity contribution in [1.29, 1.82) is 0 Å². The van der Waals surface area contributed by atoms with Crippen molar-refractivity contribution in [3.8, 4) is 11.5 Å². The van der Waals surface area contributed by atoms with Crippen LogP contribution < -0.4 is 0 Å². The largest absolute Gasteiger partial charge is 0.361 e. The summed E-state index contributed by atoms with van der Waals surface area (Å²) in [4.78, 5) is 7.03. The Morgan fingerprint density at radius 1 is 1.09 bits per heavy atom. The first-order valence-corrected chi connectivity index (χ1v) is 12.8. The van der Waals surface area contributed by atoms with E-state index in [9.17, 15) is 8.42 Å². The third kappa shape index (κ3) is 4.66. The molecule has 0 aliphatic carbocycles. The number of halogens is 1. The predicted molar refractivity (Wildman–Crippen MR) is 121 cm³/mol. The molecule has 0 saturated carbocycles. The fourth-order valence-corrected chi connectivity index (χ4v) is 6.12. The first-order valence-electron chi connectivity index (χ1n) is 10.6. The first kappa shape index (κ1) is 23.1. The van der Waals surface area contributed by atoms with Crippen molar-refractivity contribution in [2.75, 3.05) is 26.2 Å². The lowest BCUT2D eigenvalue weighted by molar-refractivity contribution is 0.266. The fraction of sp³-hybridized carbons (Fsp3) is 0.476. The van der Waals surface area contributed by atoms with Gasteiger partial charge in [0.2, 0.25) is 10.0 Å². The lowest BCUT2D eigenvalue weighted by Gasteiger charge is -2.22. The summed E-state index contributed by atoms with van der Waals surface area (Å²) in [6.45, 7) is 8.32. The van der Waals surface area contributed by atoms with Crippen molar-refractivity contribution in [1.82, 2.24) is 24.5 Å². The lowest BCUT2D eigenvalue weighted by atomic mass is 10.2. The van der Waals surface area contributed by atoms with Gasteiger partial charge in [0, 0.05) is 24.1 Å². The number of hydrogen-bond donors (Lipinski definition) is 0. The van der Waals surface area contributed by atoms with Gasteiger partial charge in [0.05, 0.1) is 17.1 Å². The standard InChI is InChI=1S/C21H26BrN5O4S/c1-4-16-12-17(22)6-7-18(16)32(28,29)27-9-5-8-26(10-11-27)13-19-23-21(31-25-19)20-14(2)24-30-15(20)3/h6-7,12H,4-5,8-11,13H2,1-3H3. The minimum atomic E-state index is -3.56. The molecule has 0 atom stereocenters. The van der Waals surface area contributed by atoms with E-state index in [1.54, 1.807) is 23.4 Å². The molecule has 0 amide bonds. The zero-order valence-corrected chi connectivity index (χ0v) is 20.7. The molecule has 1 aliphatic heterocycles. The Hall–Kier alpha value is -2.08. The van der Waals surface area contributed by atoms with Gasteiger partial charge in [-0.25, -0.2) is 8.42 Å². The summed E-state index contributed by atoms with van der Waals surface area (Å²) in [5.74, 6) is 1.57. The maximum Gasteiger partial charge on any atom is 0.263 e. The highest BCUT2D eigenvalue weighted by atomic mass is 79.9. The molecule has 0 unspecified atom stereocenters. The van der Waals surface area contributed by atoms with E-state index in [0.29, 0.717) is 60.7 Å². The number of rotatable bonds is 6. The van der Waals surface area contributed by atoms with Crippen molar-refractivity contribution >= 4 is 26.0 Å². The minimum absolute atomic E-state index is 0.387. The Morgan fingerprint density at radius 3 is 2.62 bits per heavy atom.